The van der Waals surface area contributed by atoms with Crippen molar-refractivity contribution >= 4 is 17.0 Å². The van der Waals surface area contributed by atoms with Gasteiger partial charge < -0.3 is 19.8 Å². The van der Waals surface area contributed by atoms with E-state index in [1.807, 2.05) is 0 Å². The average Bonchev–Trinajstić information content (AvgIpc) is 2.60. The number of fused-ring (bicyclic) bond motifs is 1. The Hall–Kier alpha value is -1.82. The van der Waals surface area contributed by atoms with Crippen LogP contribution in [-0.4, -0.2) is 30.4 Å². The molecular weight excluding hydrogens is 225 g/mol. The zero-order valence-corrected chi connectivity index (χ0v) is 9.74. The molecule has 0 radical (unpaired) electrons. The molecule has 0 aliphatic rings. The van der Waals surface area contributed by atoms with Crippen LogP contribution in [0.25, 0.3) is 11.0 Å². The Balaban J connectivity index is 2.55. The van der Waals surface area contributed by atoms with E-state index in [0.29, 0.717) is 24.6 Å². The molecule has 0 saturated heterocycles. The van der Waals surface area contributed by atoms with E-state index in [4.69, 9.17) is 15.2 Å². The quantitative estimate of drug-likeness (QED) is 0.876. The number of imidazole rings is 1. The molecule has 2 aromatic rings. The number of nitrogen functional groups attached to an aromatic ring is 1. The number of hydrogen-bond acceptors (Lipinski definition) is 4. The Morgan fingerprint density at radius 1 is 1.41 bits per heavy atom. The number of rotatable bonds is 4. The van der Waals surface area contributed by atoms with Crippen LogP contribution in [-0.2, 0) is 11.3 Å². The van der Waals surface area contributed by atoms with Crippen LogP contribution in [0.2, 0.25) is 0 Å². The summed E-state index contributed by atoms with van der Waals surface area (Å²) in [6.07, 6.45) is 0. The van der Waals surface area contributed by atoms with Crippen molar-refractivity contribution in [3.8, 4) is 5.75 Å². The Bertz CT molecular complexity index is 539. The molecule has 0 aliphatic carbocycles. The van der Waals surface area contributed by atoms with Gasteiger partial charge in [-0.2, -0.15) is 0 Å². The van der Waals surface area contributed by atoms with Crippen molar-refractivity contribution in [2.75, 3.05) is 26.6 Å². The van der Waals surface area contributed by atoms with E-state index in [0.717, 1.165) is 5.52 Å². The number of aromatic nitrogens is 2. The molecule has 0 saturated carbocycles. The van der Waals surface area contributed by atoms with Gasteiger partial charge in [0.05, 0.1) is 24.8 Å². The van der Waals surface area contributed by atoms with E-state index >= 15 is 0 Å². The molecule has 5 nitrogen and oxygen atoms in total. The number of nitrogens with zero attached hydrogens (tertiary/aromatic N) is 2. The second kappa shape index (κ2) is 4.58. The van der Waals surface area contributed by atoms with Gasteiger partial charge in [0.15, 0.2) is 11.6 Å². The zero-order valence-electron chi connectivity index (χ0n) is 9.74. The van der Waals surface area contributed by atoms with Crippen molar-refractivity contribution in [3.63, 3.8) is 0 Å². The highest BCUT2D eigenvalue weighted by Gasteiger charge is 2.12. The summed E-state index contributed by atoms with van der Waals surface area (Å²) >= 11 is 0. The fourth-order valence-electron chi connectivity index (χ4n) is 1.72. The van der Waals surface area contributed by atoms with Gasteiger partial charge in [0.25, 0.3) is 0 Å². The monoisotopic (exact) mass is 239 g/mol. The molecule has 17 heavy (non-hydrogen) atoms. The first-order valence-corrected chi connectivity index (χ1v) is 5.15. The molecule has 2 N–H and O–H groups in total. The lowest BCUT2D eigenvalue weighted by molar-refractivity contribution is 0.189. The molecule has 0 atom stereocenters. The first-order valence-electron chi connectivity index (χ1n) is 5.15. The largest absolute Gasteiger partial charge is 0.494 e. The van der Waals surface area contributed by atoms with Crippen LogP contribution in [0, 0.1) is 5.82 Å². The summed E-state index contributed by atoms with van der Waals surface area (Å²) in [5.74, 6) is 0.0668. The zero-order chi connectivity index (χ0) is 12.4. The van der Waals surface area contributed by atoms with E-state index in [-0.39, 0.29) is 5.75 Å². The van der Waals surface area contributed by atoms with Gasteiger partial charge in [-0.1, -0.05) is 0 Å². The number of anilines is 1. The lowest BCUT2D eigenvalue weighted by Gasteiger charge is -2.06. The van der Waals surface area contributed by atoms with Crippen LogP contribution in [0.15, 0.2) is 12.1 Å². The van der Waals surface area contributed by atoms with Gasteiger partial charge in [0.1, 0.15) is 0 Å². The standard InChI is InChI=1S/C11H14FN3O2/c1-16-4-3-15-9-6-10(17-2)7(12)5-8(9)14-11(15)13/h5-6H,3-4H2,1-2H3,(H2,13,14). The fourth-order valence-corrected chi connectivity index (χ4v) is 1.72. The molecule has 1 heterocycles. The number of benzene rings is 1. The van der Waals surface area contributed by atoms with E-state index in [1.54, 1.807) is 17.7 Å². The summed E-state index contributed by atoms with van der Waals surface area (Å²) < 4.78 is 25.2. The fraction of sp³-hybridized carbons (Fsp3) is 0.364. The normalized spacial score (nSPS) is 11.0. The van der Waals surface area contributed by atoms with Gasteiger partial charge in [-0.25, -0.2) is 9.37 Å². The van der Waals surface area contributed by atoms with Crippen molar-refractivity contribution in [3.05, 3.63) is 17.9 Å². The maximum atomic E-state index is 13.5. The molecule has 0 fully saturated rings. The first-order chi connectivity index (χ1) is 8.17. The highest BCUT2D eigenvalue weighted by molar-refractivity contribution is 5.80. The summed E-state index contributed by atoms with van der Waals surface area (Å²) in [4.78, 5) is 4.09. The lowest BCUT2D eigenvalue weighted by atomic mass is 10.3. The second-order valence-electron chi connectivity index (χ2n) is 3.59. The van der Waals surface area contributed by atoms with Crippen molar-refractivity contribution in [1.82, 2.24) is 9.55 Å². The maximum absolute atomic E-state index is 13.5. The molecule has 0 amide bonds. The summed E-state index contributed by atoms with van der Waals surface area (Å²) in [7, 11) is 3.03. The van der Waals surface area contributed by atoms with Crippen molar-refractivity contribution in [2.45, 2.75) is 6.54 Å². The molecule has 1 aromatic heterocycles. The van der Waals surface area contributed by atoms with Gasteiger partial charge in [0.2, 0.25) is 5.95 Å². The SMILES string of the molecule is COCCn1c(N)nc2cc(F)c(OC)cc21. The van der Waals surface area contributed by atoms with Crippen molar-refractivity contribution < 1.29 is 13.9 Å². The van der Waals surface area contributed by atoms with Gasteiger partial charge in [0, 0.05) is 25.8 Å². The van der Waals surface area contributed by atoms with Crippen LogP contribution >= 0.6 is 0 Å². The van der Waals surface area contributed by atoms with E-state index in [1.165, 1.54) is 13.2 Å². The minimum absolute atomic E-state index is 0.177. The molecule has 0 aliphatic heterocycles. The number of methoxy groups -OCH3 is 2. The maximum Gasteiger partial charge on any atom is 0.201 e. The van der Waals surface area contributed by atoms with Crippen molar-refractivity contribution in [1.29, 1.82) is 0 Å². The number of hydrogen-bond donors (Lipinski definition) is 1. The van der Waals surface area contributed by atoms with Crippen LogP contribution in [0.1, 0.15) is 0 Å². The van der Waals surface area contributed by atoms with Crippen LogP contribution in [0.4, 0.5) is 10.3 Å². The summed E-state index contributed by atoms with van der Waals surface area (Å²) in [6.45, 7) is 1.07. The van der Waals surface area contributed by atoms with E-state index < -0.39 is 5.82 Å². The Labute approximate surface area is 97.9 Å². The van der Waals surface area contributed by atoms with Gasteiger partial charge >= 0.3 is 0 Å². The molecule has 0 bridgehead atoms. The average molecular weight is 239 g/mol. The Kier molecular flexibility index (Phi) is 3.14. The van der Waals surface area contributed by atoms with Gasteiger partial charge in [-0.15, -0.1) is 0 Å². The molecule has 92 valence electrons. The second-order valence-corrected chi connectivity index (χ2v) is 3.59. The topological polar surface area (TPSA) is 62.3 Å². The highest BCUT2D eigenvalue weighted by Crippen LogP contribution is 2.26. The number of nitrogens with two attached hydrogens (primary N) is 1. The molecule has 6 heteroatoms. The number of ether oxygens (including phenoxy) is 2. The van der Waals surface area contributed by atoms with Gasteiger partial charge in [-0.05, 0) is 0 Å². The highest BCUT2D eigenvalue weighted by atomic mass is 19.1. The Morgan fingerprint density at radius 2 is 2.18 bits per heavy atom. The molecule has 2 rings (SSSR count). The third-order valence-electron chi connectivity index (χ3n) is 2.57. The predicted molar refractivity (Wildman–Crippen MR) is 62.5 cm³/mol. The summed E-state index contributed by atoms with van der Waals surface area (Å²) in [6, 6.07) is 2.90. The smallest absolute Gasteiger partial charge is 0.201 e. The third kappa shape index (κ3) is 2.03. The predicted octanol–water partition coefficient (Wildman–Crippen LogP) is 1.41. The van der Waals surface area contributed by atoms with Crippen molar-refractivity contribution in [2.24, 2.45) is 0 Å². The molecule has 0 unspecified atom stereocenters. The minimum atomic E-state index is -0.448. The minimum Gasteiger partial charge on any atom is -0.494 e. The van der Waals surface area contributed by atoms with Crippen LogP contribution in [0.3, 0.4) is 0 Å². The van der Waals surface area contributed by atoms with Gasteiger partial charge in [-0.3, -0.25) is 0 Å². The Morgan fingerprint density at radius 3 is 2.82 bits per heavy atom. The van der Waals surface area contributed by atoms with Crippen LogP contribution < -0.4 is 10.5 Å². The molecule has 1 aromatic carbocycles. The van der Waals surface area contributed by atoms with E-state index in [2.05, 4.69) is 4.98 Å². The summed E-state index contributed by atoms with van der Waals surface area (Å²) in [5.41, 5.74) is 7.01. The molecule has 0 spiro atoms. The number of halogens is 1. The lowest BCUT2D eigenvalue weighted by Crippen LogP contribution is -2.07. The van der Waals surface area contributed by atoms with E-state index in [9.17, 15) is 4.39 Å². The third-order valence-corrected chi connectivity index (χ3v) is 2.57. The van der Waals surface area contributed by atoms with Crippen LogP contribution in [0.5, 0.6) is 5.75 Å². The molecular formula is C11H14FN3O2. The first kappa shape index (κ1) is 11.7. The summed E-state index contributed by atoms with van der Waals surface area (Å²) in [5, 5.41) is 0.